The SMILES string of the molecule is CCCCC(N)CSc1ccc(OC)c(O)c1. The van der Waals surface area contributed by atoms with Crippen molar-refractivity contribution >= 4 is 11.8 Å². The Balaban J connectivity index is 2.44. The Hall–Kier alpha value is -0.870. The van der Waals surface area contributed by atoms with E-state index in [4.69, 9.17) is 10.5 Å². The molecule has 1 aromatic carbocycles. The molecule has 0 amide bonds. The summed E-state index contributed by atoms with van der Waals surface area (Å²) in [6.07, 6.45) is 3.42. The molecule has 1 unspecified atom stereocenters. The van der Waals surface area contributed by atoms with Crippen molar-refractivity contribution in [1.82, 2.24) is 0 Å². The number of hydrogen-bond donors (Lipinski definition) is 2. The lowest BCUT2D eigenvalue weighted by atomic mass is 10.2. The van der Waals surface area contributed by atoms with E-state index in [0.29, 0.717) is 5.75 Å². The average molecular weight is 255 g/mol. The van der Waals surface area contributed by atoms with Crippen molar-refractivity contribution in [2.24, 2.45) is 5.73 Å². The molecule has 0 radical (unpaired) electrons. The zero-order chi connectivity index (χ0) is 12.7. The molecular weight excluding hydrogens is 234 g/mol. The monoisotopic (exact) mass is 255 g/mol. The van der Waals surface area contributed by atoms with E-state index in [1.165, 1.54) is 12.8 Å². The highest BCUT2D eigenvalue weighted by molar-refractivity contribution is 7.99. The van der Waals surface area contributed by atoms with E-state index in [1.807, 2.05) is 6.07 Å². The van der Waals surface area contributed by atoms with Gasteiger partial charge in [-0.3, -0.25) is 0 Å². The summed E-state index contributed by atoms with van der Waals surface area (Å²) < 4.78 is 4.99. The number of phenols is 1. The molecule has 0 saturated carbocycles. The van der Waals surface area contributed by atoms with Crippen molar-refractivity contribution in [2.75, 3.05) is 12.9 Å². The minimum atomic E-state index is 0.180. The summed E-state index contributed by atoms with van der Waals surface area (Å²) in [6.45, 7) is 2.17. The number of phenolic OH excluding ortho intramolecular Hbond substituents is 1. The highest BCUT2D eigenvalue weighted by Gasteiger charge is 2.06. The van der Waals surface area contributed by atoms with Crippen LogP contribution in [0.2, 0.25) is 0 Å². The first kappa shape index (κ1) is 14.2. The fourth-order valence-corrected chi connectivity index (χ4v) is 2.44. The molecule has 3 nitrogen and oxygen atoms in total. The van der Waals surface area contributed by atoms with Crippen LogP contribution >= 0.6 is 11.8 Å². The van der Waals surface area contributed by atoms with Gasteiger partial charge in [-0.05, 0) is 24.6 Å². The summed E-state index contributed by atoms with van der Waals surface area (Å²) in [5.41, 5.74) is 5.99. The van der Waals surface area contributed by atoms with Crippen LogP contribution in [0.15, 0.2) is 23.1 Å². The molecule has 0 aromatic heterocycles. The zero-order valence-electron chi connectivity index (χ0n) is 10.5. The van der Waals surface area contributed by atoms with Gasteiger partial charge in [0.25, 0.3) is 0 Å². The van der Waals surface area contributed by atoms with Gasteiger partial charge in [-0.25, -0.2) is 0 Å². The number of aromatic hydroxyl groups is 1. The third-order valence-electron chi connectivity index (χ3n) is 2.54. The molecule has 17 heavy (non-hydrogen) atoms. The molecule has 1 rings (SSSR count). The van der Waals surface area contributed by atoms with E-state index in [1.54, 1.807) is 31.0 Å². The van der Waals surface area contributed by atoms with Gasteiger partial charge in [0.15, 0.2) is 11.5 Å². The molecule has 0 saturated heterocycles. The summed E-state index contributed by atoms with van der Waals surface area (Å²) in [4.78, 5) is 1.02. The van der Waals surface area contributed by atoms with Crippen LogP contribution in [-0.2, 0) is 0 Å². The van der Waals surface area contributed by atoms with Crippen LogP contribution in [0.4, 0.5) is 0 Å². The van der Waals surface area contributed by atoms with E-state index >= 15 is 0 Å². The molecule has 96 valence electrons. The van der Waals surface area contributed by atoms with Crippen molar-refractivity contribution < 1.29 is 9.84 Å². The maximum atomic E-state index is 9.63. The average Bonchev–Trinajstić information content (AvgIpc) is 2.34. The molecule has 1 aromatic rings. The smallest absolute Gasteiger partial charge is 0.160 e. The second-order valence-corrected chi connectivity index (χ2v) is 5.14. The molecule has 4 heteroatoms. The Labute approximate surface area is 107 Å². The Morgan fingerprint density at radius 3 is 2.82 bits per heavy atom. The second kappa shape index (κ2) is 7.45. The molecule has 0 aliphatic heterocycles. The van der Waals surface area contributed by atoms with Gasteiger partial charge in [-0.1, -0.05) is 19.8 Å². The minimum Gasteiger partial charge on any atom is -0.504 e. The Kier molecular flexibility index (Phi) is 6.22. The van der Waals surface area contributed by atoms with Crippen molar-refractivity contribution in [1.29, 1.82) is 0 Å². The predicted octanol–water partition coefficient (Wildman–Crippen LogP) is 3.01. The van der Waals surface area contributed by atoms with E-state index < -0.39 is 0 Å². The highest BCUT2D eigenvalue weighted by Crippen LogP contribution is 2.31. The van der Waals surface area contributed by atoms with E-state index in [2.05, 4.69) is 6.92 Å². The van der Waals surface area contributed by atoms with Crippen molar-refractivity contribution in [3.8, 4) is 11.5 Å². The van der Waals surface area contributed by atoms with Gasteiger partial charge in [0.1, 0.15) is 0 Å². The molecule has 0 spiro atoms. The molecule has 0 fully saturated rings. The summed E-state index contributed by atoms with van der Waals surface area (Å²) in [6, 6.07) is 5.66. The summed E-state index contributed by atoms with van der Waals surface area (Å²) in [5, 5.41) is 9.63. The van der Waals surface area contributed by atoms with Crippen LogP contribution in [0.1, 0.15) is 26.2 Å². The Bertz CT molecular complexity index is 344. The first-order valence-corrected chi connectivity index (χ1v) is 6.91. The molecule has 0 heterocycles. The van der Waals surface area contributed by atoms with E-state index in [9.17, 15) is 5.11 Å². The summed E-state index contributed by atoms with van der Waals surface area (Å²) >= 11 is 1.67. The maximum Gasteiger partial charge on any atom is 0.160 e. The van der Waals surface area contributed by atoms with Crippen LogP contribution in [0, 0.1) is 0 Å². The van der Waals surface area contributed by atoms with Gasteiger partial charge in [-0.2, -0.15) is 0 Å². The zero-order valence-corrected chi connectivity index (χ0v) is 11.3. The van der Waals surface area contributed by atoms with Crippen molar-refractivity contribution in [3.05, 3.63) is 18.2 Å². The van der Waals surface area contributed by atoms with Gasteiger partial charge >= 0.3 is 0 Å². The fourth-order valence-electron chi connectivity index (χ4n) is 1.51. The quantitative estimate of drug-likeness (QED) is 0.735. The minimum absolute atomic E-state index is 0.180. The largest absolute Gasteiger partial charge is 0.504 e. The fraction of sp³-hybridized carbons (Fsp3) is 0.538. The molecule has 0 aliphatic carbocycles. The lowest BCUT2D eigenvalue weighted by Gasteiger charge is -2.11. The lowest BCUT2D eigenvalue weighted by molar-refractivity contribution is 0.372. The normalized spacial score (nSPS) is 12.4. The summed E-state index contributed by atoms with van der Waals surface area (Å²) in [7, 11) is 1.54. The lowest BCUT2D eigenvalue weighted by Crippen LogP contribution is -2.22. The number of hydrogen-bond acceptors (Lipinski definition) is 4. The number of unbranched alkanes of at least 4 members (excludes halogenated alkanes) is 1. The number of methoxy groups -OCH3 is 1. The van der Waals surface area contributed by atoms with E-state index in [-0.39, 0.29) is 11.8 Å². The standard InChI is InChI=1S/C13H21NO2S/c1-3-4-5-10(14)9-17-11-6-7-13(16-2)12(15)8-11/h6-8,10,15H,3-5,9,14H2,1-2H3. The third-order valence-corrected chi connectivity index (χ3v) is 3.72. The van der Waals surface area contributed by atoms with Crippen LogP contribution < -0.4 is 10.5 Å². The number of thioether (sulfide) groups is 1. The van der Waals surface area contributed by atoms with Crippen LogP contribution in [0.5, 0.6) is 11.5 Å². The topological polar surface area (TPSA) is 55.5 Å². The summed E-state index contributed by atoms with van der Waals surface area (Å²) in [5.74, 6) is 1.57. The first-order valence-electron chi connectivity index (χ1n) is 5.92. The third kappa shape index (κ3) is 4.88. The van der Waals surface area contributed by atoms with Gasteiger partial charge < -0.3 is 15.6 Å². The van der Waals surface area contributed by atoms with Crippen molar-refractivity contribution in [2.45, 2.75) is 37.1 Å². The molecule has 0 bridgehead atoms. The van der Waals surface area contributed by atoms with Gasteiger partial charge in [-0.15, -0.1) is 11.8 Å². The van der Waals surface area contributed by atoms with Gasteiger partial charge in [0.2, 0.25) is 0 Å². The molecule has 0 aliphatic rings. The predicted molar refractivity (Wildman–Crippen MR) is 72.9 cm³/mol. The van der Waals surface area contributed by atoms with Crippen LogP contribution in [0.3, 0.4) is 0 Å². The molecule has 1 atom stereocenters. The molecular formula is C13H21NO2S. The number of rotatable bonds is 7. The Morgan fingerprint density at radius 1 is 1.47 bits per heavy atom. The number of ether oxygens (including phenoxy) is 1. The molecule has 3 N–H and O–H groups in total. The van der Waals surface area contributed by atoms with Gasteiger partial charge in [0, 0.05) is 16.7 Å². The van der Waals surface area contributed by atoms with Crippen molar-refractivity contribution in [3.63, 3.8) is 0 Å². The van der Waals surface area contributed by atoms with Crippen LogP contribution in [0.25, 0.3) is 0 Å². The van der Waals surface area contributed by atoms with E-state index in [0.717, 1.165) is 17.1 Å². The second-order valence-electron chi connectivity index (χ2n) is 4.05. The number of benzene rings is 1. The number of nitrogens with two attached hydrogens (primary N) is 1. The Morgan fingerprint density at radius 2 is 2.24 bits per heavy atom. The van der Waals surface area contributed by atoms with Crippen LogP contribution in [-0.4, -0.2) is 24.0 Å². The maximum absolute atomic E-state index is 9.63. The highest BCUT2D eigenvalue weighted by atomic mass is 32.2. The van der Waals surface area contributed by atoms with Gasteiger partial charge in [0.05, 0.1) is 7.11 Å². The first-order chi connectivity index (χ1) is 8.17.